The van der Waals surface area contributed by atoms with E-state index in [1.165, 1.54) is 12.1 Å². The van der Waals surface area contributed by atoms with Crippen LogP contribution in [0.3, 0.4) is 0 Å². The summed E-state index contributed by atoms with van der Waals surface area (Å²) in [5.41, 5.74) is 1.28. The third-order valence-electron chi connectivity index (χ3n) is 2.69. The van der Waals surface area contributed by atoms with Gasteiger partial charge in [-0.1, -0.05) is 20.3 Å². The summed E-state index contributed by atoms with van der Waals surface area (Å²) in [7, 11) is 1.97. The van der Waals surface area contributed by atoms with Crippen LogP contribution in [0, 0.1) is 12.8 Å². The lowest BCUT2D eigenvalue weighted by atomic mass is 10.1. The van der Waals surface area contributed by atoms with Gasteiger partial charge in [-0.2, -0.15) is 0 Å². The van der Waals surface area contributed by atoms with Crippen LogP contribution in [0.5, 0.6) is 0 Å². The first-order chi connectivity index (χ1) is 6.69. The minimum Gasteiger partial charge on any atom is -0.331 e. The molecule has 0 aromatic carbocycles. The molecule has 1 heterocycles. The maximum atomic E-state index is 4.35. The summed E-state index contributed by atoms with van der Waals surface area (Å²) in [6, 6.07) is 0. The molecule has 1 aromatic heterocycles. The molecule has 0 aliphatic heterocycles. The average molecular weight is 195 g/mol. The minimum atomic E-state index is 0.721. The first kappa shape index (κ1) is 11.2. The second-order valence-electron chi connectivity index (χ2n) is 3.95. The molecule has 1 rings (SSSR count). The van der Waals surface area contributed by atoms with Crippen LogP contribution in [-0.4, -0.2) is 16.6 Å². The zero-order valence-corrected chi connectivity index (χ0v) is 9.67. The Balaban J connectivity index is 2.76. The van der Waals surface area contributed by atoms with E-state index in [2.05, 4.69) is 35.6 Å². The summed E-state index contributed by atoms with van der Waals surface area (Å²) in [5, 5.41) is 3.17. The van der Waals surface area contributed by atoms with Gasteiger partial charge in [-0.3, -0.25) is 0 Å². The second kappa shape index (κ2) is 5.15. The van der Waals surface area contributed by atoms with E-state index in [0.29, 0.717) is 0 Å². The van der Waals surface area contributed by atoms with Crippen LogP contribution in [0.1, 0.15) is 31.8 Å². The Labute approximate surface area is 86.5 Å². The summed E-state index contributed by atoms with van der Waals surface area (Å²) >= 11 is 0. The highest BCUT2D eigenvalue weighted by Crippen LogP contribution is 2.11. The molecule has 0 aliphatic rings. The van der Waals surface area contributed by atoms with Gasteiger partial charge in [-0.05, 0) is 19.9 Å². The largest absolute Gasteiger partial charge is 0.331 e. The topological polar surface area (TPSA) is 29.9 Å². The molecule has 1 aromatic rings. The fourth-order valence-electron chi connectivity index (χ4n) is 1.53. The van der Waals surface area contributed by atoms with Crippen molar-refractivity contribution in [3.8, 4) is 0 Å². The van der Waals surface area contributed by atoms with Gasteiger partial charge >= 0.3 is 0 Å². The molecule has 0 radical (unpaired) electrons. The van der Waals surface area contributed by atoms with Crippen LogP contribution in [-0.2, 0) is 13.1 Å². The van der Waals surface area contributed by atoms with Gasteiger partial charge in [-0.25, -0.2) is 4.98 Å². The molecule has 0 aliphatic carbocycles. The van der Waals surface area contributed by atoms with Gasteiger partial charge in [0.15, 0.2) is 0 Å². The number of nitrogens with one attached hydrogen (secondary N) is 1. The van der Waals surface area contributed by atoms with Crippen molar-refractivity contribution in [2.45, 2.75) is 40.3 Å². The van der Waals surface area contributed by atoms with Crippen molar-refractivity contribution < 1.29 is 0 Å². The molecule has 0 amide bonds. The van der Waals surface area contributed by atoms with Crippen LogP contribution >= 0.6 is 0 Å². The van der Waals surface area contributed by atoms with Crippen molar-refractivity contribution in [1.29, 1.82) is 0 Å². The SMILES string of the molecule is CCC(C)Cn1c(CNC)cnc1C. The maximum Gasteiger partial charge on any atom is 0.105 e. The predicted molar refractivity (Wildman–Crippen MR) is 59.2 cm³/mol. The summed E-state index contributed by atoms with van der Waals surface area (Å²) in [4.78, 5) is 4.35. The van der Waals surface area contributed by atoms with Crippen molar-refractivity contribution in [1.82, 2.24) is 14.9 Å². The van der Waals surface area contributed by atoms with Gasteiger partial charge in [0.2, 0.25) is 0 Å². The van der Waals surface area contributed by atoms with E-state index in [1.54, 1.807) is 0 Å². The van der Waals surface area contributed by atoms with Crippen molar-refractivity contribution in [3.05, 3.63) is 17.7 Å². The first-order valence-corrected chi connectivity index (χ1v) is 5.34. The molecule has 1 atom stereocenters. The predicted octanol–water partition coefficient (Wildman–Crippen LogP) is 1.96. The third-order valence-corrected chi connectivity index (χ3v) is 2.69. The molecule has 14 heavy (non-hydrogen) atoms. The quantitative estimate of drug-likeness (QED) is 0.778. The molecule has 0 spiro atoms. The van der Waals surface area contributed by atoms with Gasteiger partial charge in [0.1, 0.15) is 5.82 Å². The standard InChI is InChI=1S/C11H21N3/c1-5-9(2)8-14-10(3)13-7-11(14)6-12-4/h7,9,12H,5-6,8H2,1-4H3. The molecule has 1 N–H and O–H groups in total. The fourth-order valence-corrected chi connectivity index (χ4v) is 1.53. The number of hydrogen-bond donors (Lipinski definition) is 1. The van der Waals surface area contributed by atoms with Crippen molar-refractivity contribution >= 4 is 0 Å². The van der Waals surface area contributed by atoms with E-state index in [1.807, 2.05) is 13.2 Å². The van der Waals surface area contributed by atoms with E-state index in [4.69, 9.17) is 0 Å². The second-order valence-corrected chi connectivity index (χ2v) is 3.95. The van der Waals surface area contributed by atoms with E-state index >= 15 is 0 Å². The molecule has 0 saturated heterocycles. The number of hydrogen-bond acceptors (Lipinski definition) is 2. The molecule has 3 heteroatoms. The first-order valence-electron chi connectivity index (χ1n) is 5.34. The Kier molecular flexibility index (Phi) is 4.14. The molecular formula is C11H21N3. The molecule has 0 saturated carbocycles. The lowest BCUT2D eigenvalue weighted by Crippen LogP contribution is -2.15. The number of aromatic nitrogens is 2. The average Bonchev–Trinajstić information content (AvgIpc) is 2.50. The van der Waals surface area contributed by atoms with Gasteiger partial charge in [0, 0.05) is 19.3 Å². The van der Waals surface area contributed by atoms with Crippen LogP contribution in [0.2, 0.25) is 0 Å². The summed E-state index contributed by atoms with van der Waals surface area (Å²) < 4.78 is 2.31. The molecular weight excluding hydrogens is 174 g/mol. The zero-order chi connectivity index (χ0) is 10.6. The van der Waals surface area contributed by atoms with Crippen molar-refractivity contribution in [2.24, 2.45) is 5.92 Å². The van der Waals surface area contributed by atoms with Crippen molar-refractivity contribution in [2.75, 3.05) is 7.05 Å². The van der Waals surface area contributed by atoms with E-state index in [9.17, 15) is 0 Å². The van der Waals surface area contributed by atoms with Crippen molar-refractivity contribution in [3.63, 3.8) is 0 Å². The lowest BCUT2D eigenvalue weighted by Gasteiger charge is -2.14. The zero-order valence-electron chi connectivity index (χ0n) is 9.67. The monoisotopic (exact) mass is 195 g/mol. The number of imidazole rings is 1. The Morgan fingerprint density at radius 3 is 2.86 bits per heavy atom. The smallest absolute Gasteiger partial charge is 0.105 e. The van der Waals surface area contributed by atoms with Crippen LogP contribution < -0.4 is 5.32 Å². The van der Waals surface area contributed by atoms with E-state index in [0.717, 1.165) is 24.8 Å². The molecule has 80 valence electrons. The Bertz CT molecular complexity index is 278. The highest BCUT2D eigenvalue weighted by atomic mass is 15.1. The number of rotatable bonds is 5. The van der Waals surface area contributed by atoms with E-state index < -0.39 is 0 Å². The fraction of sp³-hybridized carbons (Fsp3) is 0.727. The van der Waals surface area contributed by atoms with Gasteiger partial charge < -0.3 is 9.88 Å². The van der Waals surface area contributed by atoms with Gasteiger partial charge in [0.25, 0.3) is 0 Å². The summed E-state index contributed by atoms with van der Waals surface area (Å²) in [6.45, 7) is 8.56. The Morgan fingerprint density at radius 2 is 2.29 bits per heavy atom. The third kappa shape index (κ3) is 2.58. The van der Waals surface area contributed by atoms with Gasteiger partial charge in [0.05, 0.1) is 5.69 Å². The van der Waals surface area contributed by atoms with Crippen LogP contribution in [0.25, 0.3) is 0 Å². The Morgan fingerprint density at radius 1 is 1.57 bits per heavy atom. The summed E-state index contributed by atoms with van der Waals surface area (Å²) in [6.07, 6.45) is 3.19. The van der Waals surface area contributed by atoms with Crippen LogP contribution in [0.4, 0.5) is 0 Å². The summed E-state index contributed by atoms with van der Waals surface area (Å²) in [5.74, 6) is 1.84. The molecule has 0 fully saturated rings. The van der Waals surface area contributed by atoms with Crippen LogP contribution in [0.15, 0.2) is 6.20 Å². The maximum absolute atomic E-state index is 4.35. The Hall–Kier alpha value is -0.830. The van der Waals surface area contributed by atoms with Gasteiger partial charge in [-0.15, -0.1) is 0 Å². The number of nitrogens with zero attached hydrogens (tertiary/aromatic N) is 2. The molecule has 0 bridgehead atoms. The number of aryl methyl sites for hydroxylation is 1. The normalized spacial score (nSPS) is 13.1. The minimum absolute atomic E-state index is 0.721. The highest BCUT2D eigenvalue weighted by molar-refractivity contribution is 5.04. The van der Waals surface area contributed by atoms with E-state index in [-0.39, 0.29) is 0 Å². The molecule has 3 nitrogen and oxygen atoms in total. The molecule has 1 unspecified atom stereocenters. The lowest BCUT2D eigenvalue weighted by molar-refractivity contribution is 0.450. The highest BCUT2D eigenvalue weighted by Gasteiger charge is 2.08.